The molecule has 158 valence electrons. The van der Waals surface area contributed by atoms with Crippen LogP contribution in [-0.4, -0.2) is 10.5 Å². The minimum Gasteiger partial charge on any atom is -0.353 e. The lowest BCUT2D eigenvalue weighted by Crippen LogP contribution is -2.38. The number of aromatic nitrogens is 1. The molecule has 2 N–H and O–H groups in total. The van der Waals surface area contributed by atoms with Gasteiger partial charge in [-0.1, -0.05) is 45.4 Å². The van der Waals surface area contributed by atoms with Gasteiger partial charge in [0.25, 0.3) is 5.91 Å². The smallest absolute Gasteiger partial charge is 0.256 e. The Morgan fingerprint density at radius 2 is 2.00 bits per heavy atom. The van der Waals surface area contributed by atoms with Crippen LogP contribution in [0.1, 0.15) is 71.8 Å². The van der Waals surface area contributed by atoms with Crippen molar-refractivity contribution in [2.75, 3.05) is 5.32 Å². The van der Waals surface area contributed by atoms with E-state index >= 15 is 0 Å². The van der Waals surface area contributed by atoms with Gasteiger partial charge in [-0.05, 0) is 49.1 Å². The Hall–Kier alpha value is -2.27. The number of benzene rings is 1. The quantitative estimate of drug-likeness (QED) is 0.549. The fourth-order valence-electron chi connectivity index (χ4n) is 5.31. The van der Waals surface area contributed by atoms with Crippen LogP contribution >= 0.6 is 11.3 Å². The second-order valence-corrected chi connectivity index (χ2v) is 10.7. The Morgan fingerprint density at radius 3 is 2.77 bits per heavy atom. The first-order chi connectivity index (χ1) is 14.3. The van der Waals surface area contributed by atoms with E-state index in [-0.39, 0.29) is 12.1 Å². The van der Waals surface area contributed by atoms with E-state index in [4.69, 9.17) is 0 Å². The SMILES string of the molecule is CCC(C)(C)C1CCc2c(sc3c2C(=O)NC(c2c(C)n(C)c4ccccc24)N3)C1. The first-order valence-corrected chi connectivity index (χ1v) is 11.9. The standard InChI is InChI=1S/C25H31N3OS/c1-6-25(3,4)15-11-12-17-19(13-15)30-24-21(17)23(29)26-22(27-24)20-14(2)28(5)18-10-8-7-9-16(18)20/h7-10,15,22,27H,6,11-13H2,1-5H3,(H,26,29). The molecule has 2 unspecified atom stereocenters. The van der Waals surface area contributed by atoms with Crippen LogP contribution in [0.25, 0.3) is 10.9 Å². The van der Waals surface area contributed by atoms with Crippen LogP contribution in [0, 0.1) is 18.3 Å². The highest BCUT2D eigenvalue weighted by molar-refractivity contribution is 7.16. The second-order valence-electron chi connectivity index (χ2n) is 9.62. The minimum absolute atomic E-state index is 0.0757. The molecule has 3 aromatic rings. The van der Waals surface area contributed by atoms with Crippen molar-refractivity contribution < 1.29 is 4.79 Å². The summed E-state index contributed by atoms with van der Waals surface area (Å²) in [7, 11) is 2.09. The fraction of sp³-hybridized carbons (Fsp3) is 0.480. The summed E-state index contributed by atoms with van der Waals surface area (Å²) in [5.41, 5.74) is 6.09. The highest BCUT2D eigenvalue weighted by Gasteiger charge is 2.38. The van der Waals surface area contributed by atoms with Gasteiger partial charge in [0, 0.05) is 34.1 Å². The Labute approximate surface area is 182 Å². The van der Waals surface area contributed by atoms with Crippen molar-refractivity contribution in [3.63, 3.8) is 0 Å². The number of fused-ring (bicyclic) bond motifs is 4. The number of nitrogens with one attached hydrogen (secondary N) is 2. The number of carbonyl (C=O) groups excluding carboxylic acids is 1. The van der Waals surface area contributed by atoms with E-state index in [0.29, 0.717) is 11.3 Å². The fourth-order valence-corrected chi connectivity index (χ4v) is 6.67. The number of anilines is 1. The van der Waals surface area contributed by atoms with Gasteiger partial charge in [0.15, 0.2) is 0 Å². The van der Waals surface area contributed by atoms with Gasteiger partial charge in [-0.3, -0.25) is 4.79 Å². The zero-order valence-electron chi connectivity index (χ0n) is 18.6. The number of carbonyl (C=O) groups is 1. The lowest BCUT2D eigenvalue weighted by Gasteiger charge is -2.36. The lowest BCUT2D eigenvalue weighted by atomic mass is 9.69. The first kappa shape index (κ1) is 19.7. The highest BCUT2D eigenvalue weighted by atomic mass is 32.1. The summed E-state index contributed by atoms with van der Waals surface area (Å²) in [6.45, 7) is 9.21. The molecule has 0 saturated carbocycles. The van der Waals surface area contributed by atoms with E-state index < -0.39 is 0 Å². The number of thiophene rings is 1. The summed E-state index contributed by atoms with van der Waals surface area (Å²) in [4.78, 5) is 14.7. The topological polar surface area (TPSA) is 46.1 Å². The zero-order valence-corrected chi connectivity index (χ0v) is 19.4. The van der Waals surface area contributed by atoms with Crippen molar-refractivity contribution in [3.05, 3.63) is 51.5 Å². The molecule has 0 fully saturated rings. The number of amides is 1. The molecule has 1 aromatic carbocycles. The molecule has 5 rings (SSSR count). The number of aryl methyl sites for hydroxylation is 1. The van der Waals surface area contributed by atoms with E-state index in [1.54, 1.807) is 0 Å². The number of hydrogen-bond donors (Lipinski definition) is 2. The molecule has 2 aliphatic rings. The number of para-hydroxylation sites is 1. The van der Waals surface area contributed by atoms with E-state index in [0.717, 1.165) is 23.4 Å². The maximum absolute atomic E-state index is 13.2. The van der Waals surface area contributed by atoms with E-state index in [1.165, 1.54) is 45.4 Å². The van der Waals surface area contributed by atoms with Gasteiger partial charge in [0.2, 0.25) is 0 Å². The molecule has 0 bridgehead atoms. The van der Waals surface area contributed by atoms with Crippen molar-refractivity contribution in [1.29, 1.82) is 0 Å². The van der Waals surface area contributed by atoms with Crippen molar-refractivity contribution >= 4 is 33.1 Å². The van der Waals surface area contributed by atoms with Crippen LogP contribution < -0.4 is 10.6 Å². The van der Waals surface area contributed by atoms with Crippen molar-refractivity contribution in [2.45, 2.75) is 59.5 Å². The summed E-state index contributed by atoms with van der Waals surface area (Å²) in [6.07, 6.45) is 4.29. The van der Waals surface area contributed by atoms with E-state index in [2.05, 4.69) is 74.2 Å². The molecule has 0 spiro atoms. The van der Waals surface area contributed by atoms with Gasteiger partial charge in [-0.25, -0.2) is 0 Å². The second kappa shape index (κ2) is 6.88. The third kappa shape index (κ3) is 2.82. The van der Waals surface area contributed by atoms with Gasteiger partial charge in [-0.2, -0.15) is 0 Å². The molecule has 1 amide bonds. The molecule has 0 radical (unpaired) electrons. The molecule has 0 saturated heterocycles. The largest absolute Gasteiger partial charge is 0.353 e. The summed E-state index contributed by atoms with van der Waals surface area (Å²) < 4.78 is 2.21. The molecular weight excluding hydrogens is 390 g/mol. The normalized spacial score (nSPS) is 21.2. The minimum atomic E-state index is -0.195. The van der Waals surface area contributed by atoms with Gasteiger partial charge in [0.1, 0.15) is 11.2 Å². The predicted molar refractivity (Wildman–Crippen MR) is 125 cm³/mol. The van der Waals surface area contributed by atoms with Gasteiger partial charge in [-0.15, -0.1) is 11.3 Å². The molecule has 2 atom stereocenters. The summed E-state index contributed by atoms with van der Waals surface area (Å²) in [5, 5.41) is 9.21. The molecule has 1 aliphatic carbocycles. The molecule has 1 aliphatic heterocycles. The number of nitrogens with zero attached hydrogens (tertiary/aromatic N) is 1. The maximum atomic E-state index is 13.2. The molecule has 4 nitrogen and oxygen atoms in total. The van der Waals surface area contributed by atoms with Crippen LogP contribution in [0.15, 0.2) is 24.3 Å². The van der Waals surface area contributed by atoms with Gasteiger partial charge >= 0.3 is 0 Å². The van der Waals surface area contributed by atoms with Crippen LogP contribution in [0.2, 0.25) is 0 Å². The molecule has 3 heterocycles. The summed E-state index contributed by atoms with van der Waals surface area (Å²) in [6, 6.07) is 8.43. The van der Waals surface area contributed by atoms with Crippen molar-refractivity contribution in [2.24, 2.45) is 18.4 Å². The van der Waals surface area contributed by atoms with E-state index in [9.17, 15) is 4.79 Å². The lowest BCUT2D eigenvalue weighted by molar-refractivity contribution is 0.0935. The highest BCUT2D eigenvalue weighted by Crippen LogP contribution is 2.47. The molecule has 5 heteroatoms. The van der Waals surface area contributed by atoms with E-state index in [1.807, 2.05) is 11.3 Å². The van der Waals surface area contributed by atoms with Crippen LogP contribution in [-0.2, 0) is 19.9 Å². The maximum Gasteiger partial charge on any atom is 0.256 e. The third-order valence-corrected chi connectivity index (χ3v) is 8.98. The van der Waals surface area contributed by atoms with Crippen molar-refractivity contribution in [3.8, 4) is 0 Å². The van der Waals surface area contributed by atoms with Crippen LogP contribution in [0.4, 0.5) is 5.00 Å². The molecular formula is C25H31N3OS. The number of rotatable bonds is 3. The predicted octanol–water partition coefficient (Wildman–Crippen LogP) is 5.94. The summed E-state index contributed by atoms with van der Waals surface area (Å²) in [5.74, 6) is 0.765. The first-order valence-electron chi connectivity index (χ1n) is 11.1. The van der Waals surface area contributed by atoms with Gasteiger partial charge in [0.05, 0.1) is 5.56 Å². The Morgan fingerprint density at radius 1 is 1.23 bits per heavy atom. The van der Waals surface area contributed by atoms with Gasteiger partial charge < -0.3 is 15.2 Å². The number of hydrogen-bond acceptors (Lipinski definition) is 3. The summed E-state index contributed by atoms with van der Waals surface area (Å²) >= 11 is 1.81. The zero-order chi connectivity index (χ0) is 21.2. The van der Waals surface area contributed by atoms with Crippen molar-refractivity contribution in [1.82, 2.24) is 9.88 Å². The Bertz CT molecular complexity index is 1150. The average molecular weight is 422 g/mol. The van der Waals surface area contributed by atoms with Crippen LogP contribution in [0.5, 0.6) is 0 Å². The Kier molecular flexibility index (Phi) is 4.51. The van der Waals surface area contributed by atoms with Crippen LogP contribution in [0.3, 0.4) is 0 Å². The average Bonchev–Trinajstić information content (AvgIpc) is 3.23. The monoisotopic (exact) mass is 421 g/mol. The third-order valence-electron chi connectivity index (χ3n) is 7.80. The molecule has 30 heavy (non-hydrogen) atoms. The molecule has 2 aromatic heterocycles. The Balaban J connectivity index is 1.52.